The van der Waals surface area contributed by atoms with E-state index < -0.39 is 0 Å². The number of nitriles is 1. The molecule has 0 aliphatic heterocycles. The second-order valence-electron chi connectivity index (χ2n) is 3.80. The van der Waals surface area contributed by atoms with Gasteiger partial charge >= 0.3 is 0 Å². The topological polar surface area (TPSA) is 85.1 Å². The molecule has 0 bridgehead atoms. The molecule has 4 heteroatoms. The van der Waals surface area contributed by atoms with Gasteiger partial charge in [-0.2, -0.15) is 5.26 Å². The van der Waals surface area contributed by atoms with E-state index in [4.69, 9.17) is 16.2 Å². The van der Waals surface area contributed by atoms with Crippen LogP contribution >= 0.6 is 0 Å². The van der Waals surface area contributed by atoms with Crippen LogP contribution in [0.1, 0.15) is 5.56 Å². The van der Waals surface area contributed by atoms with Crippen molar-refractivity contribution in [3.05, 3.63) is 42.0 Å². The van der Waals surface area contributed by atoms with Gasteiger partial charge in [-0.25, -0.2) is 0 Å². The molecule has 0 amide bonds. The summed E-state index contributed by atoms with van der Waals surface area (Å²) in [6, 6.07) is 13.0. The summed E-state index contributed by atoms with van der Waals surface area (Å²) in [6.07, 6.45) is 0. The first kappa shape index (κ1) is 11.8. The Balaban J connectivity index is 2.73. The molecule has 0 heterocycles. The van der Waals surface area contributed by atoms with Gasteiger partial charge in [-0.1, -0.05) is 24.3 Å². The van der Waals surface area contributed by atoms with Gasteiger partial charge in [0.1, 0.15) is 11.8 Å². The van der Waals surface area contributed by atoms with Crippen molar-refractivity contribution in [2.45, 2.75) is 0 Å². The maximum Gasteiger partial charge on any atom is 0.126 e. The number of ether oxygens (including phenoxy) is 1. The Labute approximate surface area is 105 Å². The summed E-state index contributed by atoms with van der Waals surface area (Å²) in [4.78, 5) is 0. The molecule has 4 nitrogen and oxygen atoms in total. The van der Waals surface area contributed by atoms with Gasteiger partial charge < -0.3 is 16.2 Å². The summed E-state index contributed by atoms with van der Waals surface area (Å²) < 4.78 is 5.29. The lowest BCUT2D eigenvalue weighted by atomic mass is 9.97. The van der Waals surface area contributed by atoms with Gasteiger partial charge in [-0.3, -0.25) is 0 Å². The third-order valence-electron chi connectivity index (χ3n) is 2.79. The highest BCUT2D eigenvalue weighted by atomic mass is 16.5. The van der Waals surface area contributed by atoms with E-state index in [1.54, 1.807) is 19.2 Å². The van der Waals surface area contributed by atoms with Crippen LogP contribution < -0.4 is 16.2 Å². The first-order valence-electron chi connectivity index (χ1n) is 5.40. The number of para-hydroxylation sites is 1. The molecule has 2 rings (SSSR count). The lowest BCUT2D eigenvalue weighted by Crippen LogP contribution is -2.00. The lowest BCUT2D eigenvalue weighted by Gasteiger charge is -2.12. The number of methoxy groups -OCH3 is 1. The van der Waals surface area contributed by atoms with Crippen molar-refractivity contribution in [3.8, 4) is 22.9 Å². The van der Waals surface area contributed by atoms with E-state index in [2.05, 4.69) is 6.07 Å². The van der Waals surface area contributed by atoms with E-state index in [0.717, 1.165) is 11.1 Å². The molecule has 18 heavy (non-hydrogen) atoms. The first-order chi connectivity index (χ1) is 8.69. The minimum atomic E-state index is 0.306. The van der Waals surface area contributed by atoms with Crippen LogP contribution in [0.2, 0.25) is 0 Å². The highest BCUT2D eigenvalue weighted by Gasteiger charge is 2.13. The van der Waals surface area contributed by atoms with Gasteiger partial charge in [0.15, 0.2) is 0 Å². The molecule has 0 aliphatic carbocycles. The van der Waals surface area contributed by atoms with E-state index in [1.165, 1.54) is 0 Å². The van der Waals surface area contributed by atoms with E-state index >= 15 is 0 Å². The van der Waals surface area contributed by atoms with Crippen molar-refractivity contribution in [2.75, 3.05) is 18.6 Å². The summed E-state index contributed by atoms with van der Waals surface area (Å²) in [5, 5.41) is 9.22. The zero-order chi connectivity index (χ0) is 13.1. The summed E-state index contributed by atoms with van der Waals surface area (Å²) in [5.74, 6) is 0.693. The number of nitrogen functional groups attached to an aromatic ring is 2. The van der Waals surface area contributed by atoms with Crippen molar-refractivity contribution in [1.29, 1.82) is 5.26 Å². The van der Waals surface area contributed by atoms with Crippen molar-refractivity contribution in [2.24, 2.45) is 0 Å². The highest BCUT2D eigenvalue weighted by molar-refractivity contribution is 5.85. The van der Waals surface area contributed by atoms with Crippen molar-refractivity contribution in [3.63, 3.8) is 0 Å². The largest absolute Gasteiger partial charge is 0.496 e. The maximum absolute atomic E-state index is 9.22. The molecule has 0 spiro atoms. The van der Waals surface area contributed by atoms with Gasteiger partial charge in [0.25, 0.3) is 0 Å². The van der Waals surface area contributed by atoms with Crippen LogP contribution in [0.3, 0.4) is 0 Å². The van der Waals surface area contributed by atoms with Crippen LogP contribution in [0.25, 0.3) is 11.1 Å². The van der Waals surface area contributed by atoms with Gasteiger partial charge in [0.2, 0.25) is 0 Å². The number of nitrogens with zero attached hydrogens (tertiary/aromatic N) is 1. The highest BCUT2D eigenvalue weighted by Crippen LogP contribution is 2.35. The minimum absolute atomic E-state index is 0.306. The molecule has 0 aromatic heterocycles. The quantitative estimate of drug-likeness (QED) is 0.788. The molecule has 0 saturated carbocycles. The monoisotopic (exact) mass is 239 g/mol. The fraction of sp³-hybridized carbons (Fsp3) is 0.0714. The fourth-order valence-electron chi connectivity index (χ4n) is 1.85. The van der Waals surface area contributed by atoms with Crippen molar-refractivity contribution in [1.82, 2.24) is 0 Å². The van der Waals surface area contributed by atoms with Crippen molar-refractivity contribution < 1.29 is 4.74 Å². The van der Waals surface area contributed by atoms with Crippen molar-refractivity contribution >= 4 is 11.4 Å². The third kappa shape index (κ3) is 1.82. The Bertz CT molecular complexity index is 629. The molecular formula is C14H13N3O. The van der Waals surface area contributed by atoms with Crippen LogP contribution in [0, 0.1) is 11.3 Å². The summed E-state index contributed by atoms with van der Waals surface area (Å²) >= 11 is 0. The van der Waals surface area contributed by atoms with Crippen LogP contribution in [0.5, 0.6) is 5.75 Å². The summed E-state index contributed by atoms with van der Waals surface area (Å²) in [7, 11) is 1.59. The average Bonchev–Trinajstić information content (AvgIpc) is 2.41. The lowest BCUT2D eigenvalue weighted by molar-refractivity contribution is 0.416. The van der Waals surface area contributed by atoms with E-state index in [0.29, 0.717) is 22.7 Å². The Morgan fingerprint density at radius 1 is 1.06 bits per heavy atom. The molecule has 0 fully saturated rings. The number of hydrogen-bond acceptors (Lipinski definition) is 4. The predicted molar refractivity (Wildman–Crippen MR) is 72.0 cm³/mol. The number of anilines is 2. The Kier molecular flexibility index (Phi) is 3.07. The standard InChI is InChI=1S/C14H13N3O/c1-18-13-5-3-2-4-10(13)9-6-7-12(16)14(17)11(9)8-15/h2-7H,16-17H2,1H3. The van der Waals surface area contributed by atoms with Crippen LogP contribution in [0.15, 0.2) is 36.4 Å². The molecular weight excluding hydrogens is 226 g/mol. The summed E-state index contributed by atoms with van der Waals surface area (Å²) in [5.41, 5.74) is 14.2. The minimum Gasteiger partial charge on any atom is -0.496 e. The van der Waals surface area contributed by atoms with Crippen LogP contribution in [0.4, 0.5) is 11.4 Å². The number of benzene rings is 2. The molecule has 0 radical (unpaired) electrons. The molecule has 0 unspecified atom stereocenters. The maximum atomic E-state index is 9.22. The number of nitrogens with two attached hydrogens (primary N) is 2. The fourth-order valence-corrected chi connectivity index (χ4v) is 1.85. The van der Waals surface area contributed by atoms with Gasteiger partial charge in [0.05, 0.1) is 24.0 Å². The second-order valence-corrected chi connectivity index (χ2v) is 3.80. The van der Waals surface area contributed by atoms with E-state index in [9.17, 15) is 5.26 Å². The second kappa shape index (κ2) is 4.68. The Morgan fingerprint density at radius 3 is 2.44 bits per heavy atom. The summed E-state index contributed by atoms with van der Waals surface area (Å²) in [6.45, 7) is 0. The molecule has 90 valence electrons. The molecule has 2 aromatic carbocycles. The normalized spacial score (nSPS) is 9.78. The van der Waals surface area contributed by atoms with Gasteiger partial charge in [-0.05, 0) is 12.1 Å². The SMILES string of the molecule is COc1ccccc1-c1ccc(N)c(N)c1C#N. The Morgan fingerprint density at radius 2 is 1.78 bits per heavy atom. The van der Waals surface area contributed by atoms with E-state index in [1.807, 2.05) is 24.3 Å². The van der Waals surface area contributed by atoms with Crippen LogP contribution in [-0.2, 0) is 0 Å². The molecule has 4 N–H and O–H groups in total. The number of hydrogen-bond donors (Lipinski definition) is 2. The predicted octanol–water partition coefficient (Wildman–Crippen LogP) is 2.40. The first-order valence-corrected chi connectivity index (χ1v) is 5.40. The van der Waals surface area contributed by atoms with Crippen LogP contribution in [-0.4, -0.2) is 7.11 Å². The molecule has 0 aliphatic rings. The Hall–Kier alpha value is -2.67. The average molecular weight is 239 g/mol. The van der Waals surface area contributed by atoms with E-state index in [-0.39, 0.29) is 0 Å². The molecule has 0 saturated heterocycles. The third-order valence-corrected chi connectivity index (χ3v) is 2.79. The number of rotatable bonds is 2. The smallest absolute Gasteiger partial charge is 0.126 e. The molecule has 2 aromatic rings. The van der Waals surface area contributed by atoms with Gasteiger partial charge in [-0.15, -0.1) is 0 Å². The molecule has 0 atom stereocenters. The zero-order valence-corrected chi connectivity index (χ0v) is 9.97. The zero-order valence-electron chi connectivity index (χ0n) is 9.97. The van der Waals surface area contributed by atoms with Gasteiger partial charge in [0, 0.05) is 11.1 Å².